The molecule has 0 aliphatic heterocycles. The van der Waals surface area contributed by atoms with E-state index in [9.17, 15) is 4.79 Å². The SMILES string of the molecule is Cc1nn(Cc2c(C(=O)O)noc2C)c(C)c1Br. The van der Waals surface area contributed by atoms with Gasteiger partial charge in [0.2, 0.25) is 0 Å². The molecule has 0 aliphatic carbocycles. The van der Waals surface area contributed by atoms with Crippen LogP contribution < -0.4 is 0 Å². The predicted molar refractivity (Wildman–Crippen MR) is 66.7 cm³/mol. The third-order valence-corrected chi connectivity index (χ3v) is 3.94. The summed E-state index contributed by atoms with van der Waals surface area (Å²) in [5, 5.41) is 16.9. The highest BCUT2D eigenvalue weighted by Crippen LogP contribution is 2.22. The number of halogens is 1. The molecule has 7 heteroatoms. The predicted octanol–water partition coefficient (Wildman–Crippen LogP) is 2.31. The molecular weight excluding hydrogens is 302 g/mol. The van der Waals surface area contributed by atoms with Crippen LogP contribution in [-0.2, 0) is 6.54 Å². The van der Waals surface area contributed by atoms with Crippen LogP contribution >= 0.6 is 15.9 Å². The standard InChI is InChI=1S/C11H12BrN3O3/c1-5-9(12)6(2)15(13-5)4-8-7(3)18-14-10(8)11(16)17/h4H2,1-3H3,(H,16,17). The Kier molecular flexibility index (Phi) is 3.25. The summed E-state index contributed by atoms with van der Waals surface area (Å²) in [4.78, 5) is 11.0. The highest BCUT2D eigenvalue weighted by atomic mass is 79.9. The molecular formula is C11H12BrN3O3. The quantitative estimate of drug-likeness (QED) is 0.940. The highest BCUT2D eigenvalue weighted by Gasteiger charge is 2.20. The molecule has 0 atom stereocenters. The van der Waals surface area contributed by atoms with E-state index < -0.39 is 5.97 Å². The van der Waals surface area contributed by atoms with Gasteiger partial charge >= 0.3 is 5.97 Å². The number of carbonyl (C=O) groups is 1. The van der Waals surface area contributed by atoms with Crippen LogP contribution in [0.4, 0.5) is 0 Å². The molecule has 18 heavy (non-hydrogen) atoms. The summed E-state index contributed by atoms with van der Waals surface area (Å²) in [5.74, 6) is -0.599. The number of aromatic carboxylic acids is 1. The summed E-state index contributed by atoms with van der Waals surface area (Å²) in [6, 6.07) is 0. The van der Waals surface area contributed by atoms with Crippen molar-refractivity contribution < 1.29 is 14.4 Å². The molecule has 0 saturated heterocycles. The first-order valence-corrected chi connectivity index (χ1v) is 6.09. The summed E-state index contributed by atoms with van der Waals surface area (Å²) in [6.07, 6.45) is 0. The van der Waals surface area contributed by atoms with Crippen molar-refractivity contribution in [2.24, 2.45) is 0 Å². The lowest BCUT2D eigenvalue weighted by Gasteiger charge is -2.03. The molecule has 0 amide bonds. The number of hydrogen-bond donors (Lipinski definition) is 1. The van der Waals surface area contributed by atoms with Gasteiger partial charge in [0.15, 0.2) is 5.69 Å². The minimum Gasteiger partial charge on any atom is -0.476 e. The van der Waals surface area contributed by atoms with Crippen LogP contribution in [0.25, 0.3) is 0 Å². The molecule has 0 fully saturated rings. The van der Waals surface area contributed by atoms with E-state index in [0.29, 0.717) is 17.9 Å². The van der Waals surface area contributed by atoms with E-state index in [1.54, 1.807) is 11.6 Å². The molecule has 2 rings (SSSR count). The van der Waals surface area contributed by atoms with E-state index in [2.05, 4.69) is 26.2 Å². The van der Waals surface area contributed by atoms with E-state index in [4.69, 9.17) is 9.63 Å². The van der Waals surface area contributed by atoms with Crippen molar-refractivity contribution in [2.45, 2.75) is 27.3 Å². The second-order valence-corrected chi connectivity index (χ2v) is 4.81. The van der Waals surface area contributed by atoms with Gasteiger partial charge < -0.3 is 9.63 Å². The van der Waals surface area contributed by atoms with Gasteiger partial charge in [-0.15, -0.1) is 0 Å². The van der Waals surface area contributed by atoms with Crippen LogP contribution in [0.1, 0.15) is 33.2 Å². The maximum atomic E-state index is 11.0. The van der Waals surface area contributed by atoms with Gasteiger partial charge in [-0.3, -0.25) is 4.68 Å². The lowest BCUT2D eigenvalue weighted by Crippen LogP contribution is -2.09. The summed E-state index contributed by atoms with van der Waals surface area (Å²) in [6.45, 7) is 5.81. The molecule has 96 valence electrons. The number of hydrogen-bond acceptors (Lipinski definition) is 4. The molecule has 0 radical (unpaired) electrons. The first-order chi connectivity index (χ1) is 8.41. The van der Waals surface area contributed by atoms with Gasteiger partial charge in [-0.1, -0.05) is 5.16 Å². The molecule has 1 N–H and O–H groups in total. The number of rotatable bonds is 3. The second-order valence-electron chi connectivity index (χ2n) is 4.01. The van der Waals surface area contributed by atoms with Gasteiger partial charge in [0.25, 0.3) is 0 Å². The van der Waals surface area contributed by atoms with Crippen molar-refractivity contribution in [3.8, 4) is 0 Å². The minimum atomic E-state index is -1.09. The molecule has 0 saturated carbocycles. The largest absolute Gasteiger partial charge is 0.476 e. The fourth-order valence-corrected chi connectivity index (χ4v) is 2.01. The monoisotopic (exact) mass is 313 g/mol. The van der Waals surface area contributed by atoms with Crippen LogP contribution in [0.5, 0.6) is 0 Å². The van der Waals surface area contributed by atoms with Crippen molar-refractivity contribution in [3.63, 3.8) is 0 Å². The molecule has 0 unspecified atom stereocenters. The fraction of sp³-hybridized carbons (Fsp3) is 0.364. The third-order valence-electron chi connectivity index (χ3n) is 2.79. The zero-order chi connectivity index (χ0) is 13.4. The summed E-state index contributed by atoms with van der Waals surface area (Å²) >= 11 is 3.43. The second kappa shape index (κ2) is 4.56. The van der Waals surface area contributed by atoms with Gasteiger partial charge in [-0.2, -0.15) is 5.10 Å². The molecule has 0 bridgehead atoms. The molecule has 2 aromatic heterocycles. The Hall–Kier alpha value is -1.63. The average molecular weight is 314 g/mol. The highest BCUT2D eigenvalue weighted by molar-refractivity contribution is 9.10. The Morgan fingerprint density at radius 3 is 2.61 bits per heavy atom. The molecule has 0 aliphatic rings. The van der Waals surface area contributed by atoms with Crippen LogP contribution in [0.3, 0.4) is 0 Å². The summed E-state index contributed by atoms with van der Waals surface area (Å²) in [7, 11) is 0. The van der Waals surface area contributed by atoms with E-state index >= 15 is 0 Å². The Bertz CT molecular complexity index is 615. The van der Waals surface area contributed by atoms with Crippen LogP contribution in [0.2, 0.25) is 0 Å². The van der Waals surface area contributed by atoms with Crippen LogP contribution in [0.15, 0.2) is 9.00 Å². The Morgan fingerprint density at radius 1 is 1.44 bits per heavy atom. The van der Waals surface area contributed by atoms with Gasteiger partial charge in [-0.25, -0.2) is 4.79 Å². The van der Waals surface area contributed by atoms with Crippen molar-refractivity contribution in [1.82, 2.24) is 14.9 Å². The zero-order valence-electron chi connectivity index (χ0n) is 10.2. The summed E-state index contributed by atoms with van der Waals surface area (Å²) < 4.78 is 7.57. The van der Waals surface area contributed by atoms with Gasteiger partial charge in [0.1, 0.15) is 5.76 Å². The van der Waals surface area contributed by atoms with E-state index in [0.717, 1.165) is 15.9 Å². The first kappa shape index (κ1) is 12.8. The number of aromatic nitrogens is 3. The maximum Gasteiger partial charge on any atom is 0.358 e. The maximum absolute atomic E-state index is 11.0. The molecule has 2 aromatic rings. The van der Waals surface area contributed by atoms with Crippen molar-refractivity contribution in [2.75, 3.05) is 0 Å². The molecule has 0 aromatic carbocycles. The third kappa shape index (κ3) is 2.05. The van der Waals surface area contributed by atoms with Crippen molar-refractivity contribution >= 4 is 21.9 Å². The topological polar surface area (TPSA) is 81.2 Å². The smallest absolute Gasteiger partial charge is 0.358 e. The van der Waals surface area contributed by atoms with Crippen molar-refractivity contribution in [1.29, 1.82) is 0 Å². The van der Waals surface area contributed by atoms with Gasteiger partial charge in [-0.05, 0) is 36.7 Å². The number of carboxylic acids is 1. The lowest BCUT2D eigenvalue weighted by atomic mass is 10.2. The zero-order valence-corrected chi connectivity index (χ0v) is 11.8. The Labute approximate surface area is 112 Å². The summed E-state index contributed by atoms with van der Waals surface area (Å²) in [5.41, 5.74) is 2.28. The number of carboxylic acid groups (broad SMARTS) is 1. The van der Waals surface area contributed by atoms with Gasteiger partial charge in [0.05, 0.1) is 28.0 Å². The van der Waals surface area contributed by atoms with Crippen LogP contribution in [0, 0.1) is 20.8 Å². The Morgan fingerprint density at radius 2 is 2.11 bits per heavy atom. The Balaban J connectivity index is 2.43. The first-order valence-electron chi connectivity index (χ1n) is 5.29. The number of nitrogens with zero attached hydrogens (tertiary/aromatic N) is 3. The fourth-order valence-electron chi connectivity index (χ4n) is 1.72. The van der Waals surface area contributed by atoms with E-state index in [1.807, 2.05) is 13.8 Å². The van der Waals surface area contributed by atoms with Crippen LogP contribution in [-0.4, -0.2) is 26.0 Å². The number of aryl methyl sites for hydroxylation is 2. The molecule has 0 spiro atoms. The van der Waals surface area contributed by atoms with Crippen molar-refractivity contribution in [3.05, 3.63) is 32.9 Å². The van der Waals surface area contributed by atoms with E-state index in [1.165, 1.54) is 0 Å². The average Bonchev–Trinajstić information content (AvgIpc) is 2.77. The normalized spacial score (nSPS) is 10.9. The molecule has 6 nitrogen and oxygen atoms in total. The van der Waals surface area contributed by atoms with Gasteiger partial charge in [0, 0.05) is 0 Å². The van der Waals surface area contributed by atoms with E-state index in [-0.39, 0.29) is 5.69 Å². The lowest BCUT2D eigenvalue weighted by molar-refractivity contribution is 0.0684. The molecule has 2 heterocycles. The minimum absolute atomic E-state index is 0.0591.